The van der Waals surface area contributed by atoms with Crippen molar-refractivity contribution in [3.63, 3.8) is 0 Å². The Hall–Kier alpha value is -1.03. The molecule has 2 atom stereocenters. The summed E-state index contributed by atoms with van der Waals surface area (Å²) >= 11 is 9.08. The number of carboxylic acid groups (broad SMARTS) is 1. The van der Waals surface area contributed by atoms with Crippen LogP contribution in [0.3, 0.4) is 0 Å². The number of carboxylic acids is 1. The molecule has 0 bridgehead atoms. The lowest BCUT2D eigenvalue weighted by molar-refractivity contribution is -0.137. The summed E-state index contributed by atoms with van der Waals surface area (Å²) in [5, 5.41) is 18.9. The van der Waals surface area contributed by atoms with Crippen LogP contribution in [0.1, 0.15) is 108 Å². The number of nitrogens with zero attached hydrogens (tertiary/aromatic N) is 1. The molecule has 3 nitrogen and oxygen atoms in total. The molecule has 0 heterocycles. The predicted octanol–water partition coefficient (Wildman–Crippen LogP) is 9.18. The molecule has 0 aliphatic carbocycles. The van der Waals surface area contributed by atoms with Gasteiger partial charge in [0.1, 0.15) is 3.53 Å². The average molecular weight is 508 g/mol. The van der Waals surface area contributed by atoms with E-state index in [1.54, 1.807) is 23.5 Å². The number of hydrogen-bond acceptors (Lipinski definition) is 5. The number of nitriles is 1. The fourth-order valence-electron chi connectivity index (χ4n) is 3.79. The van der Waals surface area contributed by atoms with E-state index in [1.165, 1.54) is 64.2 Å². The van der Waals surface area contributed by atoms with Crippen LogP contribution in [-0.2, 0) is 4.79 Å². The van der Waals surface area contributed by atoms with Crippen molar-refractivity contribution < 1.29 is 9.90 Å². The Morgan fingerprint density at radius 2 is 1.64 bits per heavy atom. The third-order valence-electron chi connectivity index (χ3n) is 5.92. The normalized spacial score (nSPS) is 13.7. The van der Waals surface area contributed by atoms with E-state index >= 15 is 0 Å². The maximum Gasteiger partial charge on any atom is 0.303 e. The fraction of sp³-hybridized carbons (Fsp3) is 0.667. The topological polar surface area (TPSA) is 61.1 Å². The molecule has 184 valence electrons. The molecule has 0 saturated heterocycles. The summed E-state index contributed by atoms with van der Waals surface area (Å²) in [6.45, 7) is 4.13. The Labute approximate surface area is 215 Å². The second kappa shape index (κ2) is 18.3. The van der Waals surface area contributed by atoms with Gasteiger partial charge in [0.25, 0.3) is 0 Å². The monoisotopic (exact) mass is 507 g/mol. The molecule has 0 radical (unpaired) electrons. The highest BCUT2D eigenvalue weighted by Gasteiger charge is 2.30. The summed E-state index contributed by atoms with van der Waals surface area (Å²) in [6.07, 6.45) is 14.3. The average Bonchev–Trinajstić information content (AvgIpc) is 2.81. The zero-order valence-corrected chi connectivity index (χ0v) is 22.8. The zero-order chi connectivity index (χ0) is 24.4. The maximum atomic E-state index is 11.0. The smallest absolute Gasteiger partial charge is 0.303 e. The molecule has 0 fully saturated rings. The minimum atomic E-state index is -0.858. The zero-order valence-electron chi connectivity index (χ0n) is 20.4. The number of unbranched alkanes of at least 4 members (excludes halogenated alkanes) is 9. The summed E-state index contributed by atoms with van der Waals surface area (Å²) in [4.78, 5) is 11.0. The quantitative estimate of drug-likeness (QED) is 0.158. The van der Waals surface area contributed by atoms with Crippen LogP contribution in [0.4, 0.5) is 0 Å². The van der Waals surface area contributed by atoms with Crippen molar-refractivity contribution in [3.8, 4) is 6.07 Å². The van der Waals surface area contributed by atoms with Gasteiger partial charge < -0.3 is 5.11 Å². The SMILES string of the molecule is CCCCCCCCCCCCSC(=S)SC(CC(C)(C#N)CCC(=O)O)c1ccccc1. The van der Waals surface area contributed by atoms with Gasteiger partial charge in [-0.25, -0.2) is 0 Å². The molecule has 1 N–H and O–H groups in total. The Morgan fingerprint density at radius 3 is 2.18 bits per heavy atom. The minimum absolute atomic E-state index is 0.00811. The molecule has 0 aliphatic heterocycles. The highest BCUT2D eigenvalue weighted by molar-refractivity contribution is 8.47. The molecule has 33 heavy (non-hydrogen) atoms. The number of carbonyl (C=O) groups is 1. The van der Waals surface area contributed by atoms with Crippen LogP contribution < -0.4 is 0 Å². The molecule has 0 aromatic heterocycles. The summed E-state index contributed by atoms with van der Waals surface area (Å²) < 4.78 is 0.915. The second-order valence-electron chi connectivity index (χ2n) is 9.07. The lowest BCUT2D eigenvalue weighted by Gasteiger charge is -2.27. The molecule has 0 amide bonds. The Balaban J connectivity index is 2.42. The van der Waals surface area contributed by atoms with Crippen molar-refractivity contribution >= 4 is 45.2 Å². The number of aliphatic carboxylic acids is 1. The lowest BCUT2D eigenvalue weighted by atomic mass is 9.81. The van der Waals surface area contributed by atoms with E-state index in [-0.39, 0.29) is 11.7 Å². The molecular formula is C27H41NO2S3. The lowest BCUT2D eigenvalue weighted by Crippen LogP contribution is -2.19. The maximum absolute atomic E-state index is 11.0. The molecule has 0 saturated carbocycles. The summed E-state index contributed by atoms with van der Waals surface area (Å²) in [5.74, 6) is 0.182. The molecule has 0 aliphatic rings. The molecule has 2 unspecified atom stereocenters. The highest BCUT2D eigenvalue weighted by atomic mass is 32.2. The van der Waals surface area contributed by atoms with E-state index in [2.05, 4.69) is 25.1 Å². The fourth-order valence-corrected chi connectivity index (χ4v) is 6.75. The van der Waals surface area contributed by atoms with Crippen molar-refractivity contribution in [2.45, 2.75) is 103 Å². The van der Waals surface area contributed by atoms with Crippen molar-refractivity contribution in [2.75, 3.05) is 5.75 Å². The Morgan fingerprint density at radius 1 is 1.06 bits per heavy atom. The van der Waals surface area contributed by atoms with Crippen LogP contribution >= 0.6 is 35.7 Å². The number of benzene rings is 1. The Kier molecular flexibility index (Phi) is 16.7. The summed E-state index contributed by atoms with van der Waals surface area (Å²) in [5.41, 5.74) is 0.448. The third kappa shape index (κ3) is 14.8. The number of hydrogen-bond donors (Lipinski definition) is 1. The molecular weight excluding hydrogens is 467 g/mol. The van der Waals surface area contributed by atoms with Crippen molar-refractivity contribution in [3.05, 3.63) is 35.9 Å². The summed E-state index contributed by atoms with van der Waals surface area (Å²) in [6, 6.07) is 12.5. The third-order valence-corrected chi connectivity index (χ3v) is 8.85. The van der Waals surface area contributed by atoms with Crippen LogP contribution in [0.15, 0.2) is 30.3 Å². The van der Waals surface area contributed by atoms with E-state index in [0.717, 1.165) is 14.8 Å². The standard InChI is InChI=1S/C27H41NO2S3/c1-3-4-5-6-7-8-9-10-11-15-20-32-26(31)33-24(23-16-13-12-14-17-23)21-27(2,22-28)19-18-25(29)30/h12-14,16-17,24H,3-11,15,18-21H2,1-2H3,(H,29,30). The van der Waals surface area contributed by atoms with Gasteiger partial charge in [-0.15, -0.1) is 11.8 Å². The Bertz CT molecular complexity index is 720. The van der Waals surface area contributed by atoms with Crippen LogP contribution in [0.25, 0.3) is 0 Å². The van der Waals surface area contributed by atoms with Gasteiger partial charge in [0, 0.05) is 11.7 Å². The van der Waals surface area contributed by atoms with Gasteiger partial charge in [0.05, 0.1) is 11.5 Å². The molecule has 6 heteroatoms. The number of thioether (sulfide) groups is 2. The van der Waals surface area contributed by atoms with Gasteiger partial charge in [-0.05, 0) is 37.5 Å². The highest BCUT2D eigenvalue weighted by Crippen LogP contribution is 2.43. The second-order valence-corrected chi connectivity index (χ2v) is 12.6. The molecule has 1 aromatic rings. The van der Waals surface area contributed by atoms with E-state index in [9.17, 15) is 10.1 Å². The first-order chi connectivity index (χ1) is 15.9. The van der Waals surface area contributed by atoms with Gasteiger partial charge in [0.2, 0.25) is 0 Å². The van der Waals surface area contributed by atoms with Crippen LogP contribution in [0.5, 0.6) is 0 Å². The summed E-state index contributed by atoms with van der Waals surface area (Å²) in [7, 11) is 0. The van der Waals surface area contributed by atoms with Crippen molar-refractivity contribution in [1.82, 2.24) is 0 Å². The first kappa shape index (κ1) is 30.0. The van der Waals surface area contributed by atoms with Gasteiger partial charge in [-0.1, -0.05) is 119 Å². The number of rotatable bonds is 18. The van der Waals surface area contributed by atoms with Crippen LogP contribution in [0.2, 0.25) is 0 Å². The minimum Gasteiger partial charge on any atom is -0.481 e. The van der Waals surface area contributed by atoms with Gasteiger partial charge in [-0.2, -0.15) is 5.26 Å². The van der Waals surface area contributed by atoms with Crippen LogP contribution in [0, 0.1) is 16.7 Å². The predicted molar refractivity (Wildman–Crippen MR) is 149 cm³/mol. The van der Waals surface area contributed by atoms with Gasteiger partial charge in [-0.3, -0.25) is 4.79 Å². The first-order valence-electron chi connectivity index (χ1n) is 12.4. The van der Waals surface area contributed by atoms with Gasteiger partial charge >= 0.3 is 5.97 Å². The van der Waals surface area contributed by atoms with Crippen molar-refractivity contribution in [2.24, 2.45) is 5.41 Å². The van der Waals surface area contributed by atoms with E-state index < -0.39 is 11.4 Å². The van der Waals surface area contributed by atoms with E-state index in [4.69, 9.17) is 17.3 Å². The van der Waals surface area contributed by atoms with E-state index in [0.29, 0.717) is 12.8 Å². The van der Waals surface area contributed by atoms with Crippen molar-refractivity contribution in [1.29, 1.82) is 5.26 Å². The molecule has 1 aromatic carbocycles. The largest absolute Gasteiger partial charge is 0.481 e. The van der Waals surface area contributed by atoms with E-state index in [1.807, 2.05) is 25.1 Å². The number of thiocarbonyl (C=S) groups is 1. The molecule has 0 spiro atoms. The van der Waals surface area contributed by atoms with Gasteiger partial charge in [0.15, 0.2) is 0 Å². The first-order valence-corrected chi connectivity index (χ1v) is 14.7. The van der Waals surface area contributed by atoms with Crippen LogP contribution in [-0.4, -0.2) is 20.4 Å². The molecule has 1 rings (SSSR count).